The van der Waals surface area contributed by atoms with E-state index < -0.39 is 0 Å². The largest absolute Gasteiger partial charge is 0.494 e. The van der Waals surface area contributed by atoms with Gasteiger partial charge in [-0.2, -0.15) is 5.26 Å². The lowest BCUT2D eigenvalue weighted by atomic mass is 10.1. The van der Waals surface area contributed by atoms with Gasteiger partial charge in [-0.1, -0.05) is 25.7 Å². The molecule has 0 spiro atoms. The van der Waals surface area contributed by atoms with Gasteiger partial charge in [0.15, 0.2) is 0 Å². The number of hydrogen-bond donors (Lipinski definition) is 0. The minimum atomic E-state index is 0.465. The molecule has 0 bridgehead atoms. The van der Waals surface area contributed by atoms with Gasteiger partial charge in [0.1, 0.15) is 5.75 Å². The molecular formula is C17H23NO2. The van der Waals surface area contributed by atoms with Crippen LogP contribution in [0.3, 0.4) is 0 Å². The second-order valence-corrected chi connectivity index (χ2v) is 5.32. The van der Waals surface area contributed by atoms with Gasteiger partial charge in [-0.05, 0) is 37.1 Å². The molecular weight excluding hydrogens is 250 g/mol. The monoisotopic (exact) mass is 273 g/mol. The van der Waals surface area contributed by atoms with Gasteiger partial charge in [-0.25, -0.2) is 0 Å². The van der Waals surface area contributed by atoms with E-state index in [4.69, 9.17) is 14.7 Å². The number of rotatable bonds is 6. The van der Waals surface area contributed by atoms with Gasteiger partial charge in [0.05, 0.1) is 31.0 Å². The van der Waals surface area contributed by atoms with E-state index in [1.807, 2.05) is 12.1 Å². The molecule has 0 saturated heterocycles. The van der Waals surface area contributed by atoms with Crippen LogP contribution in [0, 0.1) is 11.3 Å². The minimum absolute atomic E-state index is 0.465. The van der Waals surface area contributed by atoms with Gasteiger partial charge in [0.2, 0.25) is 0 Å². The lowest BCUT2D eigenvalue weighted by Crippen LogP contribution is -2.14. The van der Waals surface area contributed by atoms with Crippen LogP contribution in [-0.4, -0.2) is 19.3 Å². The number of benzene rings is 1. The summed E-state index contributed by atoms with van der Waals surface area (Å²) < 4.78 is 11.5. The average Bonchev–Trinajstić information content (AvgIpc) is 2.76. The second kappa shape index (κ2) is 8.60. The van der Waals surface area contributed by atoms with E-state index >= 15 is 0 Å². The molecule has 1 fully saturated rings. The molecule has 0 amide bonds. The third-order valence-corrected chi connectivity index (χ3v) is 3.70. The van der Waals surface area contributed by atoms with Crippen LogP contribution >= 0.6 is 0 Å². The third-order valence-electron chi connectivity index (χ3n) is 3.70. The smallest absolute Gasteiger partial charge is 0.119 e. The molecule has 1 aliphatic rings. The summed E-state index contributed by atoms with van der Waals surface area (Å²) in [6, 6.07) is 9.32. The molecule has 1 aromatic carbocycles. The summed E-state index contributed by atoms with van der Waals surface area (Å²) in [5.41, 5.74) is 0.661. The van der Waals surface area contributed by atoms with E-state index in [0.29, 0.717) is 18.3 Å². The highest BCUT2D eigenvalue weighted by Gasteiger charge is 2.11. The molecule has 0 aromatic heterocycles. The fourth-order valence-corrected chi connectivity index (χ4v) is 2.53. The van der Waals surface area contributed by atoms with Crippen LogP contribution in [0.1, 0.15) is 50.5 Å². The molecule has 2 rings (SSSR count). The minimum Gasteiger partial charge on any atom is -0.494 e. The topological polar surface area (TPSA) is 42.2 Å². The third kappa shape index (κ3) is 5.22. The quantitative estimate of drug-likeness (QED) is 0.579. The lowest BCUT2D eigenvalue weighted by Gasteiger charge is -2.15. The summed E-state index contributed by atoms with van der Waals surface area (Å²) in [4.78, 5) is 0. The first-order valence-corrected chi connectivity index (χ1v) is 7.63. The summed E-state index contributed by atoms with van der Waals surface area (Å²) >= 11 is 0. The van der Waals surface area contributed by atoms with Gasteiger partial charge >= 0.3 is 0 Å². The Balaban J connectivity index is 1.57. The van der Waals surface area contributed by atoms with Crippen LogP contribution in [0.25, 0.3) is 0 Å². The lowest BCUT2D eigenvalue weighted by molar-refractivity contribution is 0.0364. The van der Waals surface area contributed by atoms with Crippen molar-refractivity contribution in [3.8, 4) is 11.8 Å². The summed E-state index contributed by atoms with van der Waals surface area (Å²) in [6.07, 6.45) is 9.17. The molecule has 0 unspecified atom stereocenters. The maximum absolute atomic E-state index is 8.71. The van der Waals surface area contributed by atoms with Crippen molar-refractivity contribution < 1.29 is 9.47 Å². The highest BCUT2D eigenvalue weighted by molar-refractivity contribution is 5.34. The fraction of sp³-hybridized carbons (Fsp3) is 0.588. The van der Waals surface area contributed by atoms with Crippen molar-refractivity contribution >= 4 is 0 Å². The molecule has 0 atom stereocenters. The normalized spacial score (nSPS) is 16.4. The van der Waals surface area contributed by atoms with E-state index in [0.717, 1.165) is 18.8 Å². The molecule has 1 aliphatic carbocycles. The predicted octanol–water partition coefficient (Wildman–Crippen LogP) is 4.07. The molecule has 0 heterocycles. The second-order valence-electron chi connectivity index (χ2n) is 5.32. The summed E-state index contributed by atoms with van der Waals surface area (Å²) in [7, 11) is 0. The molecule has 3 heteroatoms. The van der Waals surface area contributed by atoms with Crippen LogP contribution in [0.2, 0.25) is 0 Å². The zero-order chi connectivity index (χ0) is 14.0. The highest BCUT2D eigenvalue weighted by Crippen LogP contribution is 2.20. The van der Waals surface area contributed by atoms with E-state index in [1.165, 1.54) is 38.5 Å². The Morgan fingerprint density at radius 3 is 2.35 bits per heavy atom. The number of ether oxygens (including phenoxy) is 2. The van der Waals surface area contributed by atoms with Crippen LogP contribution in [0.4, 0.5) is 0 Å². The summed E-state index contributed by atoms with van der Waals surface area (Å²) in [5.74, 6) is 0.818. The number of hydrogen-bond acceptors (Lipinski definition) is 3. The first-order chi connectivity index (χ1) is 9.88. The Hall–Kier alpha value is -1.53. The average molecular weight is 273 g/mol. The molecule has 0 radical (unpaired) electrons. The Kier molecular flexibility index (Phi) is 6.40. The van der Waals surface area contributed by atoms with E-state index in [-0.39, 0.29) is 0 Å². The van der Waals surface area contributed by atoms with Gasteiger partial charge in [0, 0.05) is 6.42 Å². The Bertz CT molecular complexity index is 414. The Labute approximate surface area is 121 Å². The summed E-state index contributed by atoms with van der Waals surface area (Å²) in [5, 5.41) is 8.71. The standard InChI is InChI=1S/C17H23NO2/c18-14-15-8-10-17(11-9-15)20-13-5-12-19-16-6-3-1-2-4-7-16/h8-11,16H,1-7,12-13H2. The summed E-state index contributed by atoms with van der Waals surface area (Å²) in [6.45, 7) is 1.44. The molecule has 0 aliphatic heterocycles. The zero-order valence-electron chi connectivity index (χ0n) is 12.0. The van der Waals surface area contributed by atoms with Crippen molar-refractivity contribution in [2.45, 2.75) is 51.0 Å². The van der Waals surface area contributed by atoms with Crippen molar-refractivity contribution in [2.24, 2.45) is 0 Å². The van der Waals surface area contributed by atoms with E-state index in [1.54, 1.807) is 12.1 Å². The molecule has 3 nitrogen and oxygen atoms in total. The van der Waals surface area contributed by atoms with Crippen molar-refractivity contribution in [3.05, 3.63) is 29.8 Å². The number of nitriles is 1. The van der Waals surface area contributed by atoms with Gasteiger partial charge in [-0.3, -0.25) is 0 Å². The van der Waals surface area contributed by atoms with Gasteiger partial charge < -0.3 is 9.47 Å². The Morgan fingerprint density at radius 1 is 1.00 bits per heavy atom. The molecule has 108 valence electrons. The first-order valence-electron chi connectivity index (χ1n) is 7.63. The van der Waals surface area contributed by atoms with Crippen LogP contribution in [0.15, 0.2) is 24.3 Å². The van der Waals surface area contributed by atoms with Crippen molar-refractivity contribution in [1.29, 1.82) is 5.26 Å². The van der Waals surface area contributed by atoms with Gasteiger partial charge in [0.25, 0.3) is 0 Å². The van der Waals surface area contributed by atoms with Crippen molar-refractivity contribution in [2.75, 3.05) is 13.2 Å². The van der Waals surface area contributed by atoms with E-state index in [9.17, 15) is 0 Å². The molecule has 1 aromatic rings. The van der Waals surface area contributed by atoms with Crippen molar-refractivity contribution in [1.82, 2.24) is 0 Å². The molecule has 20 heavy (non-hydrogen) atoms. The first kappa shape index (κ1) is 14.9. The number of nitrogens with zero attached hydrogens (tertiary/aromatic N) is 1. The van der Waals surface area contributed by atoms with Crippen LogP contribution in [-0.2, 0) is 4.74 Å². The van der Waals surface area contributed by atoms with Crippen LogP contribution in [0.5, 0.6) is 5.75 Å². The zero-order valence-corrected chi connectivity index (χ0v) is 12.0. The predicted molar refractivity (Wildman–Crippen MR) is 78.7 cm³/mol. The highest BCUT2D eigenvalue weighted by atomic mass is 16.5. The van der Waals surface area contributed by atoms with E-state index in [2.05, 4.69) is 6.07 Å². The maximum atomic E-state index is 8.71. The SMILES string of the molecule is N#Cc1ccc(OCCCOC2CCCCCC2)cc1. The fourth-order valence-electron chi connectivity index (χ4n) is 2.53. The van der Waals surface area contributed by atoms with Crippen LogP contribution < -0.4 is 4.74 Å². The van der Waals surface area contributed by atoms with Crippen molar-refractivity contribution in [3.63, 3.8) is 0 Å². The van der Waals surface area contributed by atoms with Gasteiger partial charge in [-0.15, -0.1) is 0 Å². The molecule has 0 N–H and O–H groups in total. The maximum Gasteiger partial charge on any atom is 0.119 e. The molecule has 1 saturated carbocycles. The Morgan fingerprint density at radius 2 is 1.70 bits per heavy atom.